The zero-order chi connectivity index (χ0) is 13.7. The van der Waals surface area contributed by atoms with Crippen molar-refractivity contribution in [3.63, 3.8) is 0 Å². The molecule has 0 aliphatic carbocycles. The highest BCUT2D eigenvalue weighted by molar-refractivity contribution is 6.30. The first kappa shape index (κ1) is 16.8. The van der Waals surface area contributed by atoms with Crippen molar-refractivity contribution >= 4 is 24.0 Å². The highest BCUT2D eigenvalue weighted by Gasteiger charge is 2.18. The van der Waals surface area contributed by atoms with Gasteiger partial charge in [-0.15, -0.1) is 12.4 Å². The highest BCUT2D eigenvalue weighted by Crippen LogP contribution is 2.32. The summed E-state index contributed by atoms with van der Waals surface area (Å²) in [6, 6.07) is 7.48. The van der Waals surface area contributed by atoms with Gasteiger partial charge in [0.1, 0.15) is 6.61 Å². The number of nitrogens with two attached hydrogens (primary N) is 1. The predicted octanol–water partition coefficient (Wildman–Crippen LogP) is 3.71. The van der Waals surface area contributed by atoms with Crippen LogP contribution in [-0.2, 0) is 6.42 Å². The van der Waals surface area contributed by atoms with Crippen molar-refractivity contribution in [3.05, 3.63) is 34.9 Å². The van der Waals surface area contributed by atoms with Crippen LogP contribution < -0.4 is 10.5 Å². The molecule has 2 aromatic rings. The van der Waals surface area contributed by atoms with E-state index >= 15 is 0 Å². The Morgan fingerprint density at radius 1 is 1.30 bits per heavy atom. The van der Waals surface area contributed by atoms with E-state index in [-0.39, 0.29) is 12.4 Å². The number of benzene rings is 1. The van der Waals surface area contributed by atoms with Crippen LogP contribution in [-0.4, -0.2) is 18.3 Å². The molecule has 1 aromatic carbocycles. The van der Waals surface area contributed by atoms with Crippen molar-refractivity contribution < 1.29 is 9.26 Å². The van der Waals surface area contributed by atoms with Crippen LogP contribution in [0, 0.1) is 0 Å². The number of aromatic nitrogens is 1. The van der Waals surface area contributed by atoms with Crippen LogP contribution in [0.5, 0.6) is 5.88 Å². The number of rotatable bonds is 6. The summed E-state index contributed by atoms with van der Waals surface area (Å²) in [5, 5.41) is 4.68. The fourth-order valence-electron chi connectivity index (χ4n) is 1.86. The van der Waals surface area contributed by atoms with Gasteiger partial charge >= 0.3 is 0 Å². The van der Waals surface area contributed by atoms with E-state index in [4.69, 9.17) is 26.6 Å². The summed E-state index contributed by atoms with van der Waals surface area (Å²) < 4.78 is 10.9. The topological polar surface area (TPSA) is 61.3 Å². The minimum Gasteiger partial charge on any atom is -0.474 e. The molecule has 0 radical (unpaired) electrons. The summed E-state index contributed by atoms with van der Waals surface area (Å²) in [6.45, 7) is 2.99. The molecule has 2 rings (SSSR count). The van der Waals surface area contributed by atoms with Gasteiger partial charge in [-0.2, -0.15) is 0 Å². The second-order valence-electron chi connectivity index (χ2n) is 4.19. The van der Waals surface area contributed by atoms with Gasteiger partial charge in [-0.05, 0) is 35.8 Å². The molecule has 0 atom stereocenters. The second-order valence-corrected chi connectivity index (χ2v) is 4.63. The second kappa shape index (κ2) is 8.15. The lowest BCUT2D eigenvalue weighted by Crippen LogP contribution is -2.11. The van der Waals surface area contributed by atoms with Crippen LogP contribution in [0.1, 0.15) is 18.9 Å². The molecule has 0 bridgehead atoms. The van der Waals surface area contributed by atoms with E-state index in [9.17, 15) is 0 Å². The van der Waals surface area contributed by atoms with Gasteiger partial charge in [0.15, 0.2) is 5.76 Å². The van der Waals surface area contributed by atoms with Gasteiger partial charge in [0.05, 0.1) is 5.56 Å². The van der Waals surface area contributed by atoms with Crippen molar-refractivity contribution in [2.75, 3.05) is 13.2 Å². The molecule has 1 aromatic heterocycles. The van der Waals surface area contributed by atoms with Crippen LogP contribution in [0.4, 0.5) is 0 Å². The fourth-order valence-corrected chi connectivity index (χ4v) is 1.99. The Bertz CT molecular complexity index is 526. The first-order chi connectivity index (χ1) is 9.26. The first-order valence-electron chi connectivity index (χ1n) is 6.33. The van der Waals surface area contributed by atoms with Gasteiger partial charge in [-0.3, -0.25) is 0 Å². The summed E-state index contributed by atoms with van der Waals surface area (Å²) in [5.41, 5.74) is 7.37. The molecular formula is C14H18Cl2N2O2. The summed E-state index contributed by atoms with van der Waals surface area (Å²) in [6.07, 6.45) is 1.84. The van der Waals surface area contributed by atoms with E-state index in [0.29, 0.717) is 24.1 Å². The van der Waals surface area contributed by atoms with Gasteiger partial charge < -0.3 is 15.0 Å². The lowest BCUT2D eigenvalue weighted by atomic mass is 10.1. The van der Waals surface area contributed by atoms with Crippen molar-refractivity contribution in [1.29, 1.82) is 0 Å². The van der Waals surface area contributed by atoms with Crippen LogP contribution >= 0.6 is 24.0 Å². The maximum Gasteiger partial charge on any atom is 0.258 e. The van der Waals surface area contributed by atoms with Crippen LogP contribution in [0.3, 0.4) is 0 Å². The molecule has 0 saturated heterocycles. The Labute approximate surface area is 129 Å². The van der Waals surface area contributed by atoms with Crippen LogP contribution in [0.25, 0.3) is 11.3 Å². The molecule has 0 saturated carbocycles. The average molecular weight is 317 g/mol. The lowest BCUT2D eigenvalue weighted by molar-refractivity contribution is 0.287. The Kier molecular flexibility index (Phi) is 6.85. The van der Waals surface area contributed by atoms with E-state index in [0.717, 1.165) is 29.7 Å². The molecule has 0 aliphatic heterocycles. The number of hydrogen-bond acceptors (Lipinski definition) is 4. The number of nitrogens with zero attached hydrogens (tertiary/aromatic N) is 1. The van der Waals surface area contributed by atoms with E-state index in [1.165, 1.54) is 0 Å². The van der Waals surface area contributed by atoms with Crippen molar-refractivity contribution in [1.82, 2.24) is 5.16 Å². The third-order valence-electron chi connectivity index (χ3n) is 2.72. The van der Waals surface area contributed by atoms with Gasteiger partial charge in [0.25, 0.3) is 5.88 Å². The molecule has 0 fully saturated rings. The van der Waals surface area contributed by atoms with Crippen molar-refractivity contribution in [3.8, 4) is 17.2 Å². The van der Waals surface area contributed by atoms with Gasteiger partial charge in [-0.25, -0.2) is 0 Å². The molecule has 0 amide bonds. The van der Waals surface area contributed by atoms with E-state index in [2.05, 4.69) is 12.1 Å². The van der Waals surface area contributed by atoms with Gasteiger partial charge in [0.2, 0.25) is 0 Å². The summed E-state index contributed by atoms with van der Waals surface area (Å²) in [5.74, 6) is 1.28. The molecule has 110 valence electrons. The fraction of sp³-hybridized carbons (Fsp3) is 0.357. The Balaban J connectivity index is 0.00000200. The van der Waals surface area contributed by atoms with Crippen molar-refractivity contribution in [2.45, 2.75) is 19.8 Å². The smallest absolute Gasteiger partial charge is 0.258 e. The molecule has 4 nitrogen and oxygen atoms in total. The van der Waals surface area contributed by atoms with Crippen LogP contribution in [0.2, 0.25) is 5.02 Å². The standard InChI is InChI=1S/C14H17ClN2O2.ClH/c1-2-3-12-13(10-4-6-11(15)7-5-10)19-17-14(12)18-9-8-16;/h4-7H,2-3,8-9,16H2,1H3;1H. The molecule has 6 heteroatoms. The molecule has 0 aliphatic rings. The predicted molar refractivity (Wildman–Crippen MR) is 82.7 cm³/mol. The molecule has 0 spiro atoms. The zero-order valence-electron chi connectivity index (χ0n) is 11.3. The third kappa shape index (κ3) is 3.88. The van der Waals surface area contributed by atoms with Crippen LogP contribution in [0.15, 0.2) is 28.8 Å². The summed E-state index contributed by atoms with van der Waals surface area (Å²) in [7, 11) is 0. The van der Waals surface area contributed by atoms with E-state index in [1.54, 1.807) is 0 Å². The summed E-state index contributed by atoms with van der Waals surface area (Å²) in [4.78, 5) is 0. The number of hydrogen-bond donors (Lipinski definition) is 1. The minimum absolute atomic E-state index is 0. The molecule has 1 heterocycles. The minimum atomic E-state index is 0. The molecule has 2 N–H and O–H groups in total. The Morgan fingerprint density at radius 3 is 2.60 bits per heavy atom. The largest absolute Gasteiger partial charge is 0.474 e. The SMILES string of the molecule is CCCc1c(OCCN)noc1-c1ccc(Cl)cc1.Cl. The maximum absolute atomic E-state index is 5.89. The number of halogens is 2. The first-order valence-corrected chi connectivity index (χ1v) is 6.71. The van der Waals surface area contributed by atoms with Gasteiger partial charge in [0, 0.05) is 17.1 Å². The Morgan fingerprint density at radius 2 is 2.00 bits per heavy atom. The molecule has 0 unspecified atom stereocenters. The molecule has 20 heavy (non-hydrogen) atoms. The van der Waals surface area contributed by atoms with Gasteiger partial charge in [-0.1, -0.05) is 24.9 Å². The summed E-state index contributed by atoms with van der Waals surface area (Å²) >= 11 is 5.89. The maximum atomic E-state index is 5.89. The lowest BCUT2D eigenvalue weighted by Gasteiger charge is -2.04. The average Bonchev–Trinajstić information content (AvgIpc) is 2.81. The number of ether oxygens (including phenoxy) is 1. The quantitative estimate of drug-likeness (QED) is 0.882. The van der Waals surface area contributed by atoms with E-state index < -0.39 is 0 Å². The zero-order valence-corrected chi connectivity index (χ0v) is 12.8. The highest BCUT2D eigenvalue weighted by atomic mass is 35.5. The monoisotopic (exact) mass is 316 g/mol. The molecular weight excluding hydrogens is 299 g/mol. The normalized spacial score (nSPS) is 10.2. The van der Waals surface area contributed by atoms with E-state index in [1.807, 2.05) is 24.3 Å². The Hall–Kier alpha value is -1.23. The third-order valence-corrected chi connectivity index (χ3v) is 2.97. The van der Waals surface area contributed by atoms with Crippen molar-refractivity contribution in [2.24, 2.45) is 5.73 Å².